The van der Waals surface area contributed by atoms with Crippen molar-refractivity contribution < 1.29 is 23.8 Å². The van der Waals surface area contributed by atoms with E-state index in [0.717, 1.165) is 18.4 Å². The second kappa shape index (κ2) is 8.96. The fourth-order valence-corrected chi connectivity index (χ4v) is 2.33. The standard InChI is InChI=1S/C18H23NO5/c1-3-4-13(2)19-17(20)12-24-18(21)8-6-14-5-7-15-16(11-14)23-10-9-22-15/h5-8,11,13H,3-4,9-10,12H2,1-2H3,(H,19,20)/b8-6+/t13-/m1/s1. The van der Waals surface area contributed by atoms with Crippen LogP contribution in [0.2, 0.25) is 0 Å². The summed E-state index contributed by atoms with van der Waals surface area (Å²) in [5.41, 5.74) is 0.789. The number of carbonyl (C=O) groups is 2. The third-order valence-corrected chi connectivity index (χ3v) is 3.45. The molecule has 6 heteroatoms. The Hall–Kier alpha value is -2.50. The maximum absolute atomic E-state index is 11.7. The molecule has 24 heavy (non-hydrogen) atoms. The number of hydrogen-bond donors (Lipinski definition) is 1. The summed E-state index contributed by atoms with van der Waals surface area (Å²) in [6.07, 6.45) is 4.77. The average molecular weight is 333 g/mol. The van der Waals surface area contributed by atoms with Gasteiger partial charge in [-0.3, -0.25) is 4.79 Å². The summed E-state index contributed by atoms with van der Waals surface area (Å²) < 4.78 is 15.8. The SMILES string of the molecule is CCC[C@@H](C)NC(=O)COC(=O)/C=C/c1ccc2c(c1)OCCO2. The van der Waals surface area contributed by atoms with Gasteiger partial charge in [0.05, 0.1) is 0 Å². The van der Waals surface area contributed by atoms with Gasteiger partial charge in [0.2, 0.25) is 0 Å². The molecule has 1 heterocycles. The van der Waals surface area contributed by atoms with Crippen LogP contribution >= 0.6 is 0 Å². The maximum atomic E-state index is 11.7. The van der Waals surface area contributed by atoms with Gasteiger partial charge in [0.25, 0.3) is 5.91 Å². The van der Waals surface area contributed by atoms with Crippen molar-refractivity contribution in [3.05, 3.63) is 29.8 Å². The van der Waals surface area contributed by atoms with Crippen molar-refractivity contribution in [3.63, 3.8) is 0 Å². The van der Waals surface area contributed by atoms with Crippen molar-refractivity contribution in [1.82, 2.24) is 5.32 Å². The monoisotopic (exact) mass is 333 g/mol. The number of benzene rings is 1. The molecule has 1 aromatic carbocycles. The molecule has 1 aliphatic heterocycles. The van der Waals surface area contributed by atoms with Crippen molar-refractivity contribution >= 4 is 18.0 Å². The van der Waals surface area contributed by atoms with Gasteiger partial charge in [-0.1, -0.05) is 19.4 Å². The van der Waals surface area contributed by atoms with E-state index >= 15 is 0 Å². The van der Waals surface area contributed by atoms with Gasteiger partial charge in [0.1, 0.15) is 13.2 Å². The van der Waals surface area contributed by atoms with Crippen molar-refractivity contribution in [2.45, 2.75) is 32.7 Å². The highest BCUT2D eigenvalue weighted by Crippen LogP contribution is 2.31. The van der Waals surface area contributed by atoms with Crippen LogP contribution < -0.4 is 14.8 Å². The van der Waals surface area contributed by atoms with Crippen LogP contribution in [0.3, 0.4) is 0 Å². The van der Waals surface area contributed by atoms with Gasteiger partial charge in [-0.15, -0.1) is 0 Å². The van der Waals surface area contributed by atoms with Crippen LogP contribution in [0.4, 0.5) is 0 Å². The lowest BCUT2D eigenvalue weighted by Gasteiger charge is -2.18. The normalized spacial score (nSPS) is 14.2. The molecule has 0 aliphatic carbocycles. The van der Waals surface area contributed by atoms with E-state index in [-0.39, 0.29) is 18.6 Å². The molecule has 0 aromatic heterocycles. The molecule has 0 saturated carbocycles. The van der Waals surface area contributed by atoms with E-state index in [4.69, 9.17) is 14.2 Å². The number of esters is 1. The molecule has 0 bridgehead atoms. The van der Waals surface area contributed by atoms with Crippen molar-refractivity contribution in [2.24, 2.45) is 0 Å². The van der Waals surface area contributed by atoms with Gasteiger partial charge < -0.3 is 19.5 Å². The van der Waals surface area contributed by atoms with Gasteiger partial charge in [-0.05, 0) is 37.1 Å². The van der Waals surface area contributed by atoms with E-state index < -0.39 is 5.97 Å². The number of ether oxygens (including phenoxy) is 3. The topological polar surface area (TPSA) is 73.9 Å². The van der Waals surface area contributed by atoms with E-state index in [9.17, 15) is 9.59 Å². The molecule has 0 radical (unpaired) electrons. The minimum atomic E-state index is -0.566. The molecule has 1 atom stereocenters. The molecule has 6 nitrogen and oxygen atoms in total. The highest BCUT2D eigenvalue weighted by molar-refractivity contribution is 5.89. The molecular weight excluding hydrogens is 310 g/mol. The van der Waals surface area contributed by atoms with Gasteiger partial charge in [0.15, 0.2) is 18.1 Å². The summed E-state index contributed by atoms with van der Waals surface area (Å²) >= 11 is 0. The van der Waals surface area contributed by atoms with E-state index in [1.54, 1.807) is 18.2 Å². The molecule has 0 saturated heterocycles. The second-order valence-electron chi connectivity index (χ2n) is 5.60. The zero-order valence-electron chi connectivity index (χ0n) is 14.0. The molecule has 130 valence electrons. The largest absolute Gasteiger partial charge is 0.486 e. The van der Waals surface area contributed by atoms with E-state index in [2.05, 4.69) is 5.32 Å². The molecule has 0 fully saturated rings. The fourth-order valence-electron chi connectivity index (χ4n) is 2.33. The summed E-state index contributed by atoms with van der Waals surface area (Å²) in [5.74, 6) is 0.486. The van der Waals surface area contributed by atoms with Crippen LogP contribution in [-0.4, -0.2) is 37.7 Å². The molecule has 0 unspecified atom stereocenters. The number of rotatable bonds is 7. The Labute approximate surface area is 141 Å². The Morgan fingerprint density at radius 3 is 2.79 bits per heavy atom. The number of nitrogens with one attached hydrogen (secondary N) is 1. The number of amides is 1. The Balaban J connectivity index is 1.79. The lowest BCUT2D eigenvalue weighted by molar-refractivity contribution is -0.144. The zero-order chi connectivity index (χ0) is 17.4. The fraction of sp³-hybridized carbons (Fsp3) is 0.444. The maximum Gasteiger partial charge on any atom is 0.331 e. The minimum absolute atomic E-state index is 0.0782. The van der Waals surface area contributed by atoms with Crippen LogP contribution in [0.25, 0.3) is 6.08 Å². The number of hydrogen-bond acceptors (Lipinski definition) is 5. The van der Waals surface area contributed by atoms with Crippen molar-refractivity contribution in [1.29, 1.82) is 0 Å². The van der Waals surface area contributed by atoms with Crippen LogP contribution in [-0.2, 0) is 14.3 Å². The van der Waals surface area contributed by atoms with Gasteiger partial charge in [-0.2, -0.15) is 0 Å². The number of fused-ring (bicyclic) bond motifs is 1. The van der Waals surface area contributed by atoms with Crippen LogP contribution in [0.15, 0.2) is 24.3 Å². The third-order valence-electron chi connectivity index (χ3n) is 3.45. The van der Waals surface area contributed by atoms with E-state index in [1.165, 1.54) is 6.08 Å². The minimum Gasteiger partial charge on any atom is -0.486 e. The first kappa shape index (κ1) is 17.8. The molecule has 1 aromatic rings. The summed E-state index contributed by atoms with van der Waals surface area (Å²) in [4.78, 5) is 23.3. The predicted octanol–water partition coefficient (Wildman–Crippen LogP) is 2.32. The highest BCUT2D eigenvalue weighted by Gasteiger charge is 2.11. The van der Waals surface area contributed by atoms with Crippen molar-refractivity contribution in [2.75, 3.05) is 19.8 Å². The van der Waals surface area contributed by atoms with Gasteiger partial charge in [0, 0.05) is 12.1 Å². The lowest BCUT2D eigenvalue weighted by Crippen LogP contribution is -2.35. The first-order chi connectivity index (χ1) is 11.6. The highest BCUT2D eigenvalue weighted by atomic mass is 16.6. The quantitative estimate of drug-likeness (QED) is 0.612. The average Bonchev–Trinajstić information content (AvgIpc) is 2.58. The number of carbonyl (C=O) groups excluding carboxylic acids is 2. The summed E-state index contributed by atoms with van der Waals surface area (Å²) in [6, 6.07) is 5.48. The smallest absolute Gasteiger partial charge is 0.331 e. The second-order valence-corrected chi connectivity index (χ2v) is 5.60. The molecule has 2 rings (SSSR count). The predicted molar refractivity (Wildman–Crippen MR) is 89.9 cm³/mol. The van der Waals surface area contributed by atoms with Gasteiger partial charge >= 0.3 is 5.97 Å². The lowest BCUT2D eigenvalue weighted by atomic mass is 10.2. The van der Waals surface area contributed by atoms with Crippen LogP contribution in [0.1, 0.15) is 32.3 Å². The first-order valence-corrected chi connectivity index (χ1v) is 8.12. The molecule has 1 amide bonds. The Morgan fingerprint density at radius 2 is 2.04 bits per heavy atom. The van der Waals surface area contributed by atoms with Crippen LogP contribution in [0.5, 0.6) is 11.5 Å². The third kappa shape index (κ3) is 5.61. The molecule has 0 spiro atoms. The first-order valence-electron chi connectivity index (χ1n) is 8.12. The van der Waals surface area contributed by atoms with E-state index in [0.29, 0.717) is 24.7 Å². The van der Waals surface area contributed by atoms with Crippen LogP contribution in [0, 0.1) is 0 Å². The zero-order valence-corrected chi connectivity index (χ0v) is 14.0. The molecule has 1 aliphatic rings. The summed E-state index contributed by atoms with van der Waals surface area (Å²) in [6.45, 7) is 4.73. The Bertz CT molecular complexity index is 611. The summed E-state index contributed by atoms with van der Waals surface area (Å²) in [7, 11) is 0. The Kier molecular flexibility index (Phi) is 6.66. The van der Waals surface area contributed by atoms with Gasteiger partial charge in [-0.25, -0.2) is 4.79 Å². The van der Waals surface area contributed by atoms with E-state index in [1.807, 2.05) is 19.9 Å². The Morgan fingerprint density at radius 1 is 1.29 bits per heavy atom. The van der Waals surface area contributed by atoms with Crippen molar-refractivity contribution in [3.8, 4) is 11.5 Å². The molecular formula is C18H23NO5. The summed E-state index contributed by atoms with van der Waals surface area (Å²) in [5, 5.41) is 2.77. The molecule has 1 N–H and O–H groups in total.